The second-order valence-electron chi connectivity index (χ2n) is 4.99. The molecule has 3 rings (SSSR count). The van der Waals surface area contributed by atoms with E-state index in [0.29, 0.717) is 26.2 Å². The van der Waals surface area contributed by atoms with E-state index in [0.717, 1.165) is 4.47 Å². The summed E-state index contributed by atoms with van der Waals surface area (Å²) in [6, 6.07) is 7.88. The molecule has 6 nitrogen and oxygen atoms in total. The molecule has 1 aromatic heterocycles. The number of benzene rings is 1. The van der Waals surface area contributed by atoms with E-state index in [1.54, 1.807) is 31.3 Å². The van der Waals surface area contributed by atoms with Gasteiger partial charge in [0.1, 0.15) is 5.76 Å². The fourth-order valence-electron chi connectivity index (χ4n) is 2.00. The molecule has 0 unspecified atom stereocenters. The summed E-state index contributed by atoms with van der Waals surface area (Å²) in [6.07, 6.45) is 1.65. The third-order valence-corrected chi connectivity index (χ3v) is 6.05. The zero-order chi connectivity index (χ0) is 18.1. The van der Waals surface area contributed by atoms with Crippen LogP contribution in [-0.2, 0) is 4.79 Å². The topological polar surface area (TPSA) is 83.1 Å². The Morgan fingerprint density at radius 1 is 1.32 bits per heavy atom. The fourth-order valence-corrected chi connectivity index (χ4v) is 3.58. The van der Waals surface area contributed by atoms with Gasteiger partial charge in [0.25, 0.3) is 5.91 Å². The van der Waals surface area contributed by atoms with Crippen molar-refractivity contribution in [2.24, 2.45) is 4.99 Å². The van der Waals surface area contributed by atoms with Crippen molar-refractivity contribution in [3.63, 3.8) is 0 Å². The van der Waals surface area contributed by atoms with Crippen molar-refractivity contribution >= 4 is 72.4 Å². The van der Waals surface area contributed by atoms with Crippen molar-refractivity contribution in [3.8, 4) is 0 Å². The first-order chi connectivity index (χ1) is 11.8. The Labute approximate surface area is 163 Å². The summed E-state index contributed by atoms with van der Waals surface area (Å²) < 4.78 is 6.77. The number of carboxylic acid groups (broad SMARTS) is 1. The maximum absolute atomic E-state index is 12.4. The number of thioether (sulfide) groups is 1. The van der Waals surface area contributed by atoms with Gasteiger partial charge >= 0.3 is 5.97 Å². The molecule has 2 heterocycles. The SMILES string of the molecule is CN1C(=O)/C(=C/c2cc(Br)c(Br)o2)SC1=Nc1ccc(C(=O)O)cc1. The average molecular weight is 486 g/mol. The first kappa shape index (κ1) is 18.0. The number of aromatic carboxylic acids is 1. The Hall–Kier alpha value is -1.84. The zero-order valence-electron chi connectivity index (χ0n) is 12.7. The highest BCUT2D eigenvalue weighted by Gasteiger charge is 2.30. The number of carbonyl (C=O) groups is 2. The second-order valence-corrected chi connectivity index (χ2v) is 7.58. The van der Waals surface area contributed by atoms with Crippen LogP contribution in [0, 0.1) is 0 Å². The predicted octanol–water partition coefficient (Wildman–Crippen LogP) is 4.74. The number of furan rings is 1. The van der Waals surface area contributed by atoms with E-state index >= 15 is 0 Å². The lowest BCUT2D eigenvalue weighted by atomic mass is 10.2. The Kier molecular flexibility index (Phi) is 5.16. The molecule has 0 bridgehead atoms. The molecule has 1 aliphatic heterocycles. The summed E-state index contributed by atoms with van der Waals surface area (Å²) in [4.78, 5) is 29.6. The normalized spacial score (nSPS) is 17.7. The fraction of sp³-hybridized carbons (Fsp3) is 0.0625. The van der Waals surface area contributed by atoms with E-state index in [-0.39, 0.29) is 11.5 Å². The maximum atomic E-state index is 12.4. The van der Waals surface area contributed by atoms with Crippen LogP contribution in [0.1, 0.15) is 16.1 Å². The van der Waals surface area contributed by atoms with E-state index in [9.17, 15) is 9.59 Å². The van der Waals surface area contributed by atoms with E-state index < -0.39 is 5.97 Å². The summed E-state index contributed by atoms with van der Waals surface area (Å²) in [6.45, 7) is 0. The van der Waals surface area contributed by atoms with E-state index in [1.165, 1.54) is 28.8 Å². The number of likely N-dealkylation sites (N-methyl/N-ethyl adjacent to an activating group) is 1. The summed E-state index contributed by atoms with van der Waals surface area (Å²) in [5, 5.41) is 9.42. The molecule has 0 radical (unpaired) electrons. The van der Waals surface area contributed by atoms with E-state index in [2.05, 4.69) is 36.9 Å². The molecular weight excluding hydrogens is 476 g/mol. The van der Waals surface area contributed by atoms with Gasteiger partial charge in [-0.1, -0.05) is 0 Å². The molecule has 0 spiro atoms. The molecule has 2 aromatic rings. The minimum Gasteiger partial charge on any atom is -0.478 e. The largest absolute Gasteiger partial charge is 0.478 e. The summed E-state index contributed by atoms with van der Waals surface area (Å²) in [5.74, 6) is -0.646. The number of nitrogens with zero attached hydrogens (tertiary/aromatic N) is 2. The standard InChI is InChI=1S/C16H10Br2N2O4S/c1-20-14(21)12(7-10-6-11(17)13(18)24-10)25-16(20)19-9-4-2-8(3-5-9)15(22)23/h2-7H,1H3,(H,22,23)/b12-7-,19-16?. The van der Waals surface area contributed by atoms with Crippen LogP contribution in [0.25, 0.3) is 6.08 Å². The number of rotatable bonds is 3. The number of carbonyl (C=O) groups excluding carboxylic acids is 1. The van der Waals surface area contributed by atoms with Crippen LogP contribution < -0.4 is 0 Å². The summed E-state index contributed by atoms with van der Waals surface area (Å²) in [7, 11) is 1.63. The van der Waals surface area contributed by atoms with Gasteiger partial charge in [0.05, 0.1) is 20.6 Å². The Bertz CT molecular complexity index is 899. The number of aliphatic imine (C=N–C) groups is 1. The third kappa shape index (κ3) is 3.88. The lowest BCUT2D eigenvalue weighted by molar-refractivity contribution is -0.121. The Balaban J connectivity index is 1.86. The lowest BCUT2D eigenvalue weighted by Crippen LogP contribution is -2.23. The smallest absolute Gasteiger partial charge is 0.335 e. The lowest BCUT2D eigenvalue weighted by Gasteiger charge is -2.07. The third-order valence-electron chi connectivity index (χ3n) is 3.28. The zero-order valence-corrected chi connectivity index (χ0v) is 16.7. The molecular formula is C16H10Br2N2O4S. The van der Waals surface area contributed by atoms with Gasteiger partial charge in [-0.2, -0.15) is 0 Å². The molecule has 0 saturated carbocycles. The van der Waals surface area contributed by atoms with Crippen LogP contribution in [0.15, 0.2) is 53.8 Å². The van der Waals surface area contributed by atoms with Crippen molar-refractivity contribution in [1.82, 2.24) is 4.90 Å². The van der Waals surface area contributed by atoms with Crippen molar-refractivity contribution in [2.45, 2.75) is 0 Å². The van der Waals surface area contributed by atoms with Crippen LogP contribution in [0.3, 0.4) is 0 Å². The average Bonchev–Trinajstić information content (AvgIpc) is 3.02. The Morgan fingerprint density at radius 2 is 2.00 bits per heavy atom. The van der Waals surface area contributed by atoms with Gasteiger partial charge in [-0.25, -0.2) is 9.79 Å². The van der Waals surface area contributed by atoms with Crippen LogP contribution in [0.4, 0.5) is 5.69 Å². The van der Waals surface area contributed by atoms with Crippen LogP contribution in [0.5, 0.6) is 0 Å². The summed E-state index contributed by atoms with van der Waals surface area (Å²) >= 11 is 7.80. The van der Waals surface area contributed by atoms with Crippen molar-refractivity contribution in [1.29, 1.82) is 0 Å². The molecule has 1 aliphatic rings. The second kappa shape index (κ2) is 7.19. The first-order valence-electron chi connectivity index (χ1n) is 6.89. The minimum atomic E-state index is -0.997. The molecule has 1 fully saturated rings. The number of amides is 1. The molecule has 1 aromatic carbocycles. The highest BCUT2D eigenvalue weighted by molar-refractivity contribution is 9.13. The molecule has 1 saturated heterocycles. The van der Waals surface area contributed by atoms with Crippen molar-refractivity contribution < 1.29 is 19.1 Å². The molecule has 1 N–H and O–H groups in total. The van der Waals surface area contributed by atoms with Gasteiger partial charge in [-0.15, -0.1) is 0 Å². The van der Waals surface area contributed by atoms with Gasteiger partial charge in [0.15, 0.2) is 9.84 Å². The first-order valence-corrected chi connectivity index (χ1v) is 9.30. The van der Waals surface area contributed by atoms with E-state index in [1.807, 2.05) is 0 Å². The number of carboxylic acids is 1. The molecule has 9 heteroatoms. The molecule has 0 aliphatic carbocycles. The molecule has 128 valence electrons. The van der Waals surface area contributed by atoms with Crippen molar-refractivity contribution in [2.75, 3.05) is 7.05 Å². The van der Waals surface area contributed by atoms with Gasteiger partial charge in [-0.05, 0) is 74.0 Å². The van der Waals surface area contributed by atoms with Crippen LogP contribution >= 0.6 is 43.6 Å². The van der Waals surface area contributed by atoms with E-state index in [4.69, 9.17) is 9.52 Å². The van der Waals surface area contributed by atoms with Gasteiger partial charge in [0.2, 0.25) is 0 Å². The van der Waals surface area contributed by atoms with Gasteiger partial charge in [0, 0.05) is 13.1 Å². The highest BCUT2D eigenvalue weighted by atomic mass is 79.9. The van der Waals surface area contributed by atoms with Crippen LogP contribution in [-0.4, -0.2) is 34.1 Å². The highest BCUT2D eigenvalue weighted by Crippen LogP contribution is 2.35. The number of hydrogen-bond acceptors (Lipinski definition) is 5. The van der Waals surface area contributed by atoms with Crippen molar-refractivity contribution in [3.05, 3.63) is 55.7 Å². The van der Waals surface area contributed by atoms with Crippen LogP contribution in [0.2, 0.25) is 0 Å². The molecule has 0 atom stereocenters. The quantitative estimate of drug-likeness (QED) is 0.635. The van der Waals surface area contributed by atoms with Gasteiger partial charge in [-0.3, -0.25) is 9.69 Å². The molecule has 25 heavy (non-hydrogen) atoms. The monoisotopic (exact) mass is 484 g/mol. The molecule has 1 amide bonds. The van der Waals surface area contributed by atoms with Gasteiger partial charge < -0.3 is 9.52 Å². The minimum absolute atomic E-state index is 0.182. The maximum Gasteiger partial charge on any atom is 0.335 e. The number of hydrogen-bond donors (Lipinski definition) is 1. The number of amidine groups is 1. The predicted molar refractivity (Wildman–Crippen MR) is 103 cm³/mol. The Morgan fingerprint density at radius 3 is 2.56 bits per heavy atom. The number of halogens is 2. The summed E-state index contributed by atoms with van der Waals surface area (Å²) in [5.41, 5.74) is 0.749.